The molecule has 1 saturated carbocycles. The summed E-state index contributed by atoms with van der Waals surface area (Å²) in [6.07, 6.45) is -6.13. The molecule has 0 radical (unpaired) electrons. The Morgan fingerprint density at radius 3 is 1.95 bits per heavy atom. The van der Waals surface area contributed by atoms with E-state index in [0.29, 0.717) is 0 Å². The van der Waals surface area contributed by atoms with E-state index in [2.05, 4.69) is 11.3 Å². The molecule has 1 unspecified atom stereocenters. The minimum Gasteiger partial charge on any atom is -0.449 e. The third-order valence-corrected chi connectivity index (χ3v) is 3.78. The molecule has 1 aliphatic carbocycles. The van der Waals surface area contributed by atoms with Crippen LogP contribution in [0.3, 0.4) is 0 Å². The Balaban J connectivity index is 3.27. The molecule has 122 valence electrons. The molecule has 0 bridgehead atoms. The van der Waals surface area contributed by atoms with E-state index < -0.39 is 42.1 Å². The zero-order chi connectivity index (χ0) is 16.7. The molecule has 1 atom stereocenters. The van der Waals surface area contributed by atoms with Crippen LogP contribution in [0.15, 0.2) is 12.2 Å². The largest absolute Gasteiger partial charge is 0.449 e. The van der Waals surface area contributed by atoms with Crippen LogP contribution in [0.25, 0.3) is 0 Å². The number of carbonyl (C=O) groups excluding carboxylic acids is 1. The summed E-state index contributed by atoms with van der Waals surface area (Å²) < 4.78 is 71.7. The van der Waals surface area contributed by atoms with Crippen molar-refractivity contribution in [2.75, 3.05) is 0 Å². The molecule has 1 rings (SSSR count). The van der Waals surface area contributed by atoms with Gasteiger partial charge in [-0.1, -0.05) is 6.58 Å². The summed E-state index contributed by atoms with van der Waals surface area (Å²) in [5.41, 5.74) is -7.19. The van der Waals surface area contributed by atoms with Crippen LogP contribution in [0, 0.1) is 0 Å². The lowest BCUT2D eigenvalue weighted by atomic mass is 9.81. The Bertz CT molecular complexity index is 434. The fraction of sp³-hybridized carbons (Fsp3) is 0.769. The monoisotopic (exact) mass is 316 g/mol. The van der Waals surface area contributed by atoms with E-state index >= 15 is 0 Å². The number of hydrogen-bond acceptors (Lipinski definition) is 3. The predicted molar refractivity (Wildman–Crippen MR) is 63.7 cm³/mol. The van der Waals surface area contributed by atoms with Crippen LogP contribution >= 0.6 is 0 Å². The van der Waals surface area contributed by atoms with Crippen LogP contribution in [-0.2, 0) is 9.53 Å². The van der Waals surface area contributed by atoms with Crippen molar-refractivity contribution in [1.29, 1.82) is 0 Å². The maximum Gasteiger partial charge on any atom is 0.423 e. The van der Waals surface area contributed by atoms with E-state index in [4.69, 9.17) is 0 Å². The average Bonchev–Trinajstić information content (AvgIpc) is 2.77. The van der Waals surface area contributed by atoms with Crippen LogP contribution in [0.5, 0.6) is 0 Å². The topological polar surface area (TPSA) is 46.5 Å². The average molecular weight is 316 g/mol. The van der Waals surface area contributed by atoms with Crippen LogP contribution < -0.4 is 0 Å². The molecule has 3 nitrogen and oxygen atoms in total. The Kier molecular flexibility index (Phi) is 4.45. The number of hydrogen-bond donors (Lipinski definition) is 1. The minimum atomic E-state index is -5.57. The molecule has 0 aromatic carbocycles. The minimum absolute atomic E-state index is 0.0122. The van der Waals surface area contributed by atoms with E-state index in [1.165, 1.54) is 6.92 Å². The van der Waals surface area contributed by atoms with Gasteiger partial charge < -0.3 is 9.84 Å². The van der Waals surface area contributed by atoms with Gasteiger partial charge in [0.2, 0.25) is 5.60 Å². The first-order valence-electron chi connectivity index (χ1n) is 6.34. The summed E-state index contributed by atoms with van der Waals surface area (Å²) in [5, 5.41) is 9.37. The lowest BCUT2D eigenvalue weighted by molar-refractivity contribution is -0.360. The van der Waals surface area contributed by atoms with Gasteiger partial charge in [-0.2, -0.15) is 22.0 Å². The van der Waals surface area contributed by atoms with Gasteiger partial charge in [-0.25, -0.2) is 4.79 Å². The van der Waals surface area contributed by atoms with Gasteiger partial charge >= 0.3 is 18.1 Å². The quantitative estimate of drug-likeness (QED) is 0.491. The van der Waals surface area contributed by atoms with E-state index in [0.717, 1.165) is 0 Å². The highest BCUT2D eigenvalue weighted by Gasteiger charge is 2.75. The first-order chi connectivity index (χ1) is 9.28. The maximum atomic E-state index is 14.4. The molecule has 1 N–H and O–H groups in total. The van der Waals surface area contributed by atoms with Crippen LogP contribution in [0.2, 0.25) is 0 Å². The summed E-state index contributed by atoms with van der Waals surface area (Å²) in [4.78, 5) is 11.5. The van der Waals surface area contributed by atoms with Gasteiger partial charge in [0, 0.05) is 5.57 Å². The van der Waals surface area contributed by atoms with Crippen LogP contribution in [0.1, 0.15) is 39.5 Å². The Labute approximate surface area is 118 Å². The molecule has 0 aliphatic heterocycles. The summed E-state index contributed by atoms with van der Waals surface area (Å²) >= 11 is 0. The highest BCUT2D eigenvalue weighted by molar-refractivity contribution is 5.87. The molecule has 1 fully saturated rings. The number of ether oxygens (including phenoxy) is 1. The van der Waals surface area contributed by atoms with Crippen molar-refractivity contribution in [2.24, 2.45) is 0 Å². The first kappa shape index (κ1) is 17.9. The van der Waals surface area contributed by atoms with E-state index in [1.54, 1.807) is 0 Å². The SMILES string of the molecule is C=C(C)C(=O)OC1(C(F)(F)C(C)(O)C(F)(F)F)CCCC1. The van der Waals surface area contributed by atoms with Gasteiger partial charge in [0.15, 0.2) is 5.60 Å². The van der Waals surface area contributed by atoms with Crippen molar-refractivity contribution in [1.82, 2.24) is 0 Å². The maximum absolute atomic E-state index is 14.4. The first-order valence-corrected chi connectivity index (χ1v) is 6.34. The van der Waals surface area contributed by atoms with Crippen molar-refractivity contribution in [3.63, 3.8) is 0 Å². The third kappa shape index (κ3) is 2.77. The van der Waals surface area contributed by atoms with Gasteiger partial charge in [0.25, 0.3) is 0 Å². The number of aliphatic hydroxyl groups is 1. The fourth-order valence-electron chi connectivity index (χ4n) is 2.31. The van der Waals surface area contributed by atoms with Gasteiger partial charge in [-0.05, 0) is 39.5 Å². The standard InChI is InChI=1S/C13H17F5O3/c1-8(2)9(19)21-11(6-4-5-7-11)12(14,15)10(3,20)13(16,17)18/h20H,1,4-7H2,2-3H3. The van der Waals surface area contributed by atoms with Gasteiger partial charge in [-0.3, -0.25) is 0 Å². The molecule has 0 aromatic heterocycles. The molecular weight excluding hydrogens is 299 g/mol. The zero-order valence-electron chi connectivity index (χ0n) is 11.7. The zero-order valence-corrected chi connectivity index (χ0v) is 11.7. The second kappa shape index (κ2) is 5.23. The smallest absolute Gasteiger partial charge is 0.423 e. The Morgan fingerprint density at radius 1 is 1.19 bits per heavy atom. The third-order valence-electron chi connectivity index (χ3n) is 3.78. The van der Waals surface area contributed by atoms with E-state index in [-0.39, 0.29) is 25.3 Å². The van der Waals surface area contributed by atoms with Gasteiger partial charge in [-0.15, -0.1) is 0 Å². The summed E-state index contributed by atoms with van der Waals surface area (Å²) in [7, 11) is 0. The lowest BCUT2D eigenvalue weighted by Gasteiger charge is -2.44. The molecule has 8 heteroatoms. The number of esters is 1. The van der Waals surface area contributed by atoms with Crippen molar-refractivity contribution in [2.45, 2.75) is 62.8 Å². The summed E-state index contributed by atoms with van der Waals surface area (Å²) in [5.74, 6) is -5.88. The second-order valence-electron chi connectivity index (χ2n) is 5.52. The van der Waals surface area contributed by atoms with Crippen molar-refractivity contribution in [3.8, 4) is 0 Å². The summed E-state index contributed by atoms with van der Waals surface area (Å²) in [6.45, 7) is 4.40. The van der Waals surface area contributed by atoms with Crippen molar-refractivity contribution in [3.05, 3.63) is 12.2 Å². The highest BCUT2D eigenvalue weighted by atomic mass is 19.4. The molecule has 0 heterocycles. The molecule has 0 saturated heterocycles. The Hall–Kier alpha value is -1.18. The van der Waals surface area contributed by atoms with Gasteiger partial charge in [0.1, 0.15) is 0 Å². The van der Waals surface area contributed by atoms with Crippen molar-refractivity contribution >= 4 is 5.97 Å². The van der Waals surface area contributed by atoms with Crippen LogP contribution in [-0.4, -0.2) is 34.4 Å². The number of halogens is 5. The van der Waals surface area contributed by atoms with Crippen LogP contribution in [0.4, 0.5) is 22.0 Å². The molecule has 0 spiro atoms. The number of alkyl halides is 5. The lowest BCUT2D eigenvalue weighted by Crippen LogP contribution is -2.67. The van der Waals surface area contributed by atoms with Crippen molar-refractivity contribution < 1.29 is 36.6 Å². The number of carbonyl (C=O) groups is 1. The second-order valence-corrected chi connectivity index (χ2v) is 5.52. The normalized spacial score (nSPS) is 21.7. The predicted octanol–water partition coefficient (Wildman–Crippen LogP) is 3.37. The molecule has 0 aromatic rings. The molecule has 0 amide bonds. The van der Waals surface area contributed by atoms with E-state index in [9.17, 15) is 31.9 Å². The fourth-order valence-corrected chi connectivity index (χ4v) is 2.31. The Morgan fingerprint density at radius 2 is 1.62 bits per heavy atom. The van der Waals surface area contributed by atoms with Gasteiger partial charge in [0.05, 0.1) is 0 Å². The molecule has 21 heavy (non-hydrogen) atoms. The van der Waals surface area contributed by atoms with E-state index in [1.807, 2.05) is 0 Å². The summed E-state index contributed by atoms with van der Waals surface area (Å²) in [6, 6.07) is 0. The molecule has 1 aliphatic rings. The highest BCUT2D eigenvalue weighted by Crippen LogP contribution is 2.54. The molecular formula is C13H17F5O3. The number of rotatable bonds is 4.